The average Bonchev–Trinajstić information content (AvgIpc) is 3.01. The van der Waals surface area contributed by atoms with Gasteiger partial charge < -0.3 is 25.8 Å². The van der Waals surface area contributed by atoms with E-state index < -0.39 is 0 Å². The van der Waals surface area contributed by atoms with E-state index >= 15 is 0 Å². The summed E-state index contributed by atoms with van der Waals surface area (Å²) in [6.07, 6.45) is 2.53. The lowest BCUT2D eigenvalue weighted by atomic mass is 10.00. The summed E-state index contributed by atoms with van der Waals surface area (Å²) < 4.78 is 6.24. The average molecular weight is 411 g/mol. The third-order valence-electron chi connectivity index (χ3n) is 5.41. The van der Waals surface area contributed by atoms with Crippen molar-refractivity contribution in [3.63, 3.8) is 0 Å². The molecule has 8 heteroatoms. The number of nitrogens with two attached hydrogens (primary N) is 1. The first-order valence-corrected chi connectivity index (χ1v) is 10.1. The molecule has 1 saturated heterocycles. The number of carbonyl (C=O) groups is 1. The van der Waals surface area contributed by atoms with Crippen molar-refractivity contribution in [2.24, 2.45) is 10.8 Å². The molecule has 5 N–H and O–H groups in total. The van der Waals surface area contributed by atoms with Gasteiger partial charge in [-0.25, -0.2) is 5.43 Å². The van der Waals surface area contributed by atoms with E-state index in [1.165, 1.54) is 0 Å². The minimum Gasteiger partial charge on any atom is -0.454 e. The normalized spacial score (nSPS) is 18.8. The number of nitrogens with zero attached hydrogens (tertiary/aromatic N) is 2. The lowest BCUT2D eigenvalue weighted by Gasteiger charge is -2.32. The van der Waals surface area contributed by atoms with Gasteiger partial charge in [-0.15, -0.1) is 0 Å². The van der Waals surface area contributed by atoms with E-state index in [2.05, 4.69) is 33.9 Å². The lowest BCUT2D eigenvalue weighted by Crippen LogP contribution is -2.44. The lowest BCUT2D eigenvalue weighted by molar-refractivity contribution is -0.109. The number of hydrogen-bond acceptors (Lipinski definition) is 6. The minimum absolute atomic E-state index is 0.0531. The first kappa shape index (κ1) is 21.6. The molecule has 1 aliphatic rings. The summed E-state index contributed by atoms with van der Waals surface area (Å²) in [4.78, 5) is 13.0. The maximum absolute atomic E-state index is 10.7. The predicted molar refractivity (Wildman–Crippen MR) is 120 cm³/mol. The summed E-state index contributed by atoms with van der Waals surface area (Å²) in [6.45, 7) is 7.62. The summed E-state index contributed by atoms with van der Waals surface area (Å²) in [7, 11) is 2.10. The number of piperidine rings is 1. The Hall–Kier alpha value is -3.13. The fraction of sp³-hybridized carbons (Fsp3) is 0.409. The summed E-state index contributed by atoms with van der Waals surface area (Å²) >= 11 is 0. The molecule has 8 nitrogen and oxygen atoms in total. The van der Waals surface area contributed by atoms with Crippen LogP contribution in [0.2, 0.25) is 0 Å². The van der Waals surface area contributed by atoms with Gasteiger partial charge in [-0.2, -0.15) is 5.10 Å². The van der Waals surface area contributed by atoms with Gasteiger partial charge in [0.05, 0.1) is 11.3 Å². The molecule has 1 fully saturated rings. The maximum Gasteiger partial charge on any atom is 0.227 e. The number of carbonyl (C=O) groups excluding carboxylic acids is 1. The van der Waals surface area contributed by atoms with Crippen LogP contribution >= 0.6 is 0 Å². The van der Waals surface area contributed by atoms with Crippen molar-refractivity contribution >= 4 is 34.6 Å². The fourth-order valence-electron chi connectivity index (χ4n) is 3.97. The second-order valence-electron chi connectivity index (χ2n) is 7.92. The largest absolute Gasteiger partial charge is 0.454 e. The minimum atomic E-state index is 0.0531. The van der Waals surface area contributed by atoms with Crippen LogP contribution in [0.25, 0.3) is 16.7 Å². The van der Waals surface area contributed by atoms with Gasteiger partial charge in [-0.1, -0.05) is 11.6 Å². The van der Waals surface area contributed by atoms with Gasteiger partial charge in [0.1, 0.15) is 5.58 Å². The Morgan fingerprint density at radius 2 is 2.17 bits per heavy atom. The molecule has 0 radical (unpaired) electrons. The molecule has 160 valence electrons. The number of furan rings is 1. The fourth-order valence-corrected chi connectivity index (χ4v) is 3.97. The van der Waals surface area contributed by atoms with Crippen LogP contribution in [0.5, 0.6) is 0 Å². The summed E-state index contributed by atoms with van der Waals surface area (Å²) in [5, 5.41) is 16.9. The molecule has 2 aromatic rings. The number of amidine groups is 1. The maximum atomic E-state index is 10.7. The van der Waals surface area contributed by atoms with Crippen molar-refractivity contribution in [1.82, 2.24) is 15.6 Å². The predicted octanol–water partition coefficient (Wildman–Crippen LogP) is 2.50. The van der Waals surface area contributed by atoms with E-state index in [9.17, 15) is 4.79 Å². The smallest absolute Gasteiger partial charge is 0.227 e. The Bertz CT molecular complexity index is 1020. The first-order chi connectivity index (χ1) is 14.3. The molecule has 0 spiro atoms. The van der Waals surface area contributed by atoms with Crippen LogP contribution in [0.1, 0.15) is 36.7 Å². The molecule has 1 aromatic carbocycles. The van der Waals surface area contributed by atoms with Crippen LogP contribution in [-0.2, 0) is 4.79 Å². The Kier molecular flexibility index (Phi) is 6.56. The van der Waals surface area contributed by atoms with E-state index in [4.69, 9.17) is 15.6 Å². The zero-order chi connectivity index (χ0) is 21.8. The number of aryl methyl sites for hydroxylation is 2. The Morgan fingerprint density at radius 1 is 1.40 bits per heavy atom. The summed E-state index contributed by atoms with van der Waals surface area (Å²) in [5.74, 6) is 0.687. The van der Waals surface area contributed by atoms with Crippen LogP contribution in [0.15, 0.2) is 33.3 Å². The molecular formula is C22H30N6O2. The van der Waals surface area contributed by atoms with Crippen LogP contribution in [-0.4, -0.2) is 49.0 Å². The van der Waals surface area contributed by atoms with Crippen molar-refractivity contribution in [2.45, 2.75) is 39.7 Å². The zero-order valence-electron chi connectivity index (χ0n) is 18.0. The third-order valence-corrected chi connectivity index (χ3v) is 5.41. The molecule has 1 atom stereocenters. The SMILES string of the molecule is CC(=N)C(/C(N)=N\NC=O)=C(\NC1CCCN(C)C1)c1oc2ccc(C)cc2c1C. The topological polar surface area (TPSA) is 120 Å². The van der Waals surface area contributed by atoms with Gasteiger partial charge in [0.2, 0.25) is 6.41 Å². The quantitative estimate of drug-likeness (QED) is 0.242. The number of likely N-dealkylation sites (N-methyl/N-ethyl adjacent to an activating group) is 1. The Labute approximate surface area is 176 Å². The Balaban J connectivity index is 2.19. The molecule has 0 saturated carbocycles. The van der Waals surface area contributed by atoms with Gasteiger partial charge in [-0.3, -0.25) is 4.79 Å². The molecule has 0 aliphatic carbocycles. The number of likely N-dealkylation sites (tertiary alicyclic amines) is 1. The first-order valence-electron chi connectivity index (χ1n) is 10.1. The molecule has 0 bridgehead atoms. The van der Waals surface area contributed by atoms with E-state index in [0.717, 1.165) is 48.0 Å². The second-order valence-corrected chi connectivity index (χ2v) is 7.92. The van der Waals surface area contributed by atoms with Crippen molar-refractivity contribution in [3.8, 4) is 0 Å². The highest BCUT2D eigenvalue weighted by molar-refractivity contribution is 6.26. The summed E-state index contributed by atoms with van der Waals surface area (Å²) in [5.41, 5.74) is 12.6. The van der Waals surface area contributed by atoms with E-state index in [1.807, 2.05) is 26.0 Å². The second kappa shape index (κ2) is 9.13. The molecule has 3 rings (SSSR count). The van der Waals surface area contributed by atoms with Crippen LogP contribution < -0.4 is 16.5 Å². The molecule has 1 aliphatic heterocycles. The van der Waals surface area contributed by atoms with E-state index in [1.54, 1.807) is 6.92 Å². The number of hydrazone groups is 1. The summed E-state index contributed by atoms with van der Waals surface area (Å²) in [6, 6.07) is 6.23. The van der Waals surface area contributed by atoms with Crippen LogP contribution in [0.4, 0.5) is 0 Å². The van der Waals surface area contributed by atoms with Crippen LogP contribution in [0.3, 0.4) is 0 Å². The highest BCUT2D eigenvalue weighted by Gasteiger charge is 2.26. The number of benzene rings is 1. The molecule has 1 unspecified atom stereocenters. The van der Waals surface area contributed by atoms with Crippen molar-refractivity contribution in [3.05, 3.63) is 40.7 Å². The third kappa shape index (κ3) is 4.54. The number of amides is 1. The number of rotatable bonds is 7. The van der Waals surface area contributed by atoms with Gasteiger partial charge >= 0.3 is 0 Å². The number of nitrogens with one attached hydrogen (secondary N) is 3. The van der Waals surface area contributed by atoms with Gasteiger partial charge in [-0.05, 0) is 59.3 Å². The van der Waals surface area contributed by atoms with Gasteiger partial charge in [0.15, 0.2) is 11.6 Å². The molecule has 2 heterocycles. The Morgan fingerprint density at radius 3 is 2.83 bits per heavy atom. The molecular weight excluding hydrogens is 380 g/mol. The molecule has 30 heavy (non-hydrogen) atoms. The number of fused-ring (bicyclic) bond motifs is 1. The highest BCUT2D eigenvalue weighted by Crippen LogP contribution is 2.32. The van der Waals surface area contributed by atoms with Crippen molar-refractivity contribution < 1.29 is 9.21 Å². The van der Waals surface area contributed by atoms with Gasteiger partial charge in [0, 0.05) is 29.2 Å². The van der Waals surface area contributed by atoms with Gasteiger partial charge in [0.25, 0.3) is 0 Å². The zero-order valence-corrected chi connectivity index (χ0v) is 18.0. The number of hydrogen-bond donors (Lipinski definition) is 4. The molecule has 1 amide bonds. The van der Waals surface area contributed by atoms with E-state index in [0.29, 0.717) is 23.4 Å². The monoisotopic (exact) mass is 410 g/mol. The van der Waals surface area contributed by atoms with E-state index in [-0.39, 0.29) is 17.6 Å². The van der Waals surface area contributed by atoms with Crippen LogP contribution in [0, 0.1) is 19.3 Å². The molecule has 1 aromatic heterocycles. The van der Waals surface area contributed by atoms with Crippen molar-refractivity contribution in [2.75, 3.05) is 20.1 Å². The highest BCUT2D eigenvalue weighted by atomic mass is 16.3. The van der Waals surface area contributed by atoms with Crippen molar-refractivity contribution in [1.29, 1.82) is 5.41 Å². The standard InChI is InChI=1S/C22H30N6O2/c1-13-7-8-18-17(10-13)14(2)21(30-18)20(26-16-6-5-9-28(4)11-16)19(15(3)23)22(24)27-25-12-29/h7-8,10,12,16,23,26H,5-6,9,11H2,1-4H3,(H2,24,27)(H,25,29)/b20-19+,23-15?.